The van der Waals surface area contributed by atoms with E-state index >= 15 is 0 Å². The highest BCUT2D eigenvalue weighted by Gasteiger charge is 2.54. The molecule has 2 saturated heterocycles. The van der Waals surface area contributed by atoms with Crippen LogP contribution in [0.2, 0.25) is 0 Å². The lowest BCUT2D eigenvalue weighted by Crippen LogP contribution is -2.31. The Morgan fingerprint density at radius 1 is 1.27 bits per heavy atom. The summed E-state index contributed by atoms with van der Waals surface area (Å²) in [6.07, 6.45) is 0.426. The number of hydrogen-bond acceptors (Lipinski definition) is 12. The quantitative estimate of drug-likeness (QED) is 0.535. The second kappa shape index (κ2) is 8.14. The molecule has 0 spiro atoms. The topological polar surface area (TPSA) is 162 Å². The van der Waals surface area contributed by atoms with Crippen LogP contribution in [0.3, 0.4) is 0 Å². The summed E-state index contributed by atoms with van der Waals surface area (Å²) < 4.78 is 46.7. The van der Waals surface area contributed by atoms with Gasteiger partial charge in [0.2, 0.25) is 0 Å². The van der Waals surface area contributed by atoms with Gasteiger partial charge in [-0.1, -0.05) is 0 Å². The molecule has 2 aliphatic rings. The molecule has 2 aromatic rings. The van der Waals surface area contributed by atoms with Gasteiger partial charge in [0.1, 0.15) is 30.2 Å². The predicted molar refractivity (Wildman–Crippen MR) is 107 cm³/mol. The van der Waals surface area contributed by atoms with E-state index in [1.165, 1.54) is 26.4 Å². The summed E-state index contributed by atoms with van der Waals surface area (Å²) in [4.78, 5) is 21.9. The molecule has 30 heavy (non-hydrogen) atoms. The van der Waals surface area contributed by atoms with Gasteiger partial charge in [-0.15, -0.1) is 0 Å². The summed E-state index contributed by atoms with van der Waals surface area (Å²) in [5, 5.41) is 0. The Hall–Kier alpha value is -1.05. The first-order chi connectivity index (χ1) is 14.1. The first-order valence-corrected chi connectivity index (χ1v) is 13.8. The van der Waals surface area contributed by atoms with Gasteiger partial charge < -0.3 is 34.1 Å². The number of nitrogen functional groups attached to an aromatic ring is 1. The van der Waals surface area contributed by atoms with Gasteiger partial charge in [-0.2, -0.15) is 0 Å². The molecule has 4 rings (SSSR count). The Kier molecular flexibility index (Phi) is 6.01. The summed E-state index contributed by atoms with van der Waals surface area (Å²) in [6.45, 7) is -1.42. The fourth-order valence-electron chi connectivity index (χ4n) is 3.34. The summed E-state index contributed by atoms with van der Waals surface area (Å²) in [5.41, 5.74) is 6.76. The number of anilines is 1. The predicted octanol–water partition coefficient (Wildman–Crippen LogP) is 0.808. The molecule has 0 saturated carbocycles. The van der Waals surface area contributed by atoms with Gasteiger partial charge in [-0.25, -0.2) is 15.0 Å². The van der Waals surface area contributed by atoms with E-state index in [0.29, 0.717) is 11.2 Å². The number of fused-ring (bicyclic) bond motifs is 2. The molecule has 2 aromatic heterocycles. The van der Waals surface area contributed by atoms with Crippen molar-refractivity contribution in [1.29, 1.82) is 0 Å². The number of nitrogens with two attached hydrogens (primary N) is 1. The number of ether oxygens (including phenoxy) is 4. The zero-order chi connectivity index (χ0) is 21.7. The van der Waals surface area contributed by atoms with E-state index in [1.807, 2.05) is 0 Å². The number of nitrogens with zero attached hydrogens (tertiary/aromatic N) is 4. The van der Waals surface area contributed by atoms with Crippen molar-refractivity contribution >= 4 is 42.9 Å². The Bertz CT molecular complexity index is 1030. The van der Waals surface area contributed by atoms with E-state index in [1.54, 1.807) is 4.57 Å². The Morgan fingerprint density at radius 3 is 2.70 bits per heavy atom. The standard InChI is InChI=1S/C14H21N5O8P2S/c1-22-14-25-9-7(4-23-29(3,30)27-28(2,20)21)24-13(10(9)26-14)19-6-18-8-11(15)16-5-17-12(8)19/h5-7,9-10,13-14H,4H2,1-3H3,(H,20,21)(H2,15,16,17)/t7-,9?,10+,13-,14?,29?/m1/s1. The lowest BCUT2D eigenvalue weighted by molar-refractivity contribution is -0.256. The van der Waals surface area contributed by atoms with Crippen LogP contribution in [-0.4, -0.2) is 76.2 Å². The zero-order valence-electron chi connectivity index (χ0n) is 16.2. The van der Waals surface area contributed by atoms with E-state index in [9.17, 15) is 9.46 Å². The maximum atomic E-state index is 11.5. The van der Waals surface area contributed by atoms with E-state index < -0.39 is 45.1 Å². The second-order valence-corrected chi connectivity index (χ2v) is 12.9. The third-order valence-corrected chi connectivity index (χ3v) is 8.38. The lowest BCUT2D eigenvalue weighted by Gasteiger charge is -2.23. The van der Waals surface area contributed by atoms with Crippen LogP contribution < -0.4 is 5.73 Å². The number of aromatic nitrogens is 4. The third-order valence-electron chi connectivity index (χ3n) is 4.45. The monoisotopic (exact) mass is 481 g/mol. The van der Waals surface area contributed by atoms with Gasteiger partial charge >= 0.3 is 7.60 Å². The Labute approximate surface area is 176 Å². The van der Waals surface area contributed by atoms with Gasteiger partial charge in [0, 0.05) is 20.4 Å². The lowest BCUT2D eigenvalue weighted by atomic mass is 10.1. The molecule has 2 aliphatic heterocycles. The summed E-state index contributed by atoms with van der Waals surface area (Å²) in [6, 6.07) is 0. The fourth-order valence-corrected chi connectivity index (χ4v) is 7.44. The number of rotatable bonds is 7. The molecule has 0 bridgehead atoms. The van der Waals surface area contributed by atoms with Gasteiger partial charge in [0.05, 0.1) is 12.9 Å². The highest BCUT2D eigenvalue weighted by molar-refractivity contribution is 8.11. The van der Waals surface area contributed by atoms with Gasteiger partial charge in [0.25, 0.3) is 6.48 Å². The molecule has 13 nitrogen and oxygen atoms in total. The van der Waals surface area contributed by atoms with Crippen molar-refractivity contribution in [3.05, 3.63) is 12.7 Å². The molecule has 7 atom stereocenters. The van der Waals surface area contributed by atoms with Gasteiger partial charge in [-0.3, -0.25) is 13.4 Å². The summed E-state index contributed by atoms with van der Waals surface area (Å²) in [5.74, 6) is 0.239. The first kappa shape index (κ1) is 22.2. The van der Waals surface area contributed by atoms with Crippen molar-refractivity contribution in [2.45, 2.75) is 31.0 Å². The van der Waals surface area contributed by atoms with E-state index in [2.05, 4.69) is 15.0 Å². The minimum Gasteiger partial charge on any atom is -0.382 e. The van der Waals surface area contributed by atoms with Crippen molar-refractivity contribution in [3.63, 3.8) is 0 Å². The Morgan fingerprint density at radius 2 is 2.00 bits per heavy atom. The van der Waals surface area contributed by atoms with Crippen LogP contribution in [0.5, 0.6) is 0 Å². The molecular formula is C14H21N5O8P2S. The molecular weight excluding hydrogens is 460 g/mol. The molecule has 4 heterocycles. The second-order valence-electron chi connectivity index (χ2n) is 6.83. The maximum absolute atomic E-state index is 11.5. The van der Waals surface area contributed by atoms with Crippen molar-refractivity contribution in [3.8, 4) is 0 Å². The largest absolute Gasteiger partial charge is 0.382 e. The zero-order valence-corrected chi connectivity index (χ0v) is 18.8. The molecule has 0 aromatic carbocycles. The van der Waals surface area contributed by atoms with Crippen LogP contribution in [0.1, 0.15) is 6.23 Å². The normalized spacial score (nSPS) is 32.7. The van der Waals surface area contributed by atoms with E-state index in [4.69, 9.17) is 45.3 Å². The Balaban J connectivity index is 1.57. The van der Waals surface area contributed by atoms with Crippen molar-refractivity contribution in [2.75, 3.05) is 32.8 Å². The minimum absolute atomic E-state index is 0.0466. The average Bonchev–Trinajstić information content (AvgIpc) is 3.31. The van der Waals surface area contributed by atoms with E-state index in [0.717, 1.165) is 6.66 Å². The van der Waals surface area contributed by atoms with Crippen LogP contribution in [0.4, 0.5) is 5.82 Å². The maximum Gasteiger partial charge on any atom is 0.330 e. The van der Waals surface area contributed by atoms with Crippen LogP contribution in [-0.2, 0) is 44.2 Å². The minimum atomic E-state index is -3.80. The number of imidazole rings is 1. The average molecular weight is 481 g/mol. The van der Waals surface area contributed by atoms with Gasteiger partial charge in [0.15, 0.2) is 24.2 Å². The van der Waals surface area contributed by atoms with E-state index in [-0.39, 0.29) is 12.4 Å². The third kappa shape index (κ3) is 4.44. The molecule has 0 amide bonds. The number of methoxy groups -OCH3 is 1. The highest BCUT2D eigenvalue weighted by atomic mass is 32.5. The summed E-state index contributed by atoms with van der Waals surface area (Å²) >= 11 is 5.21. The number of hydrogen-bond donors (Lipinski definition) is 2. The van der Waals surface area contributed by atoms with Crippen LogP contribution in [0.25, 0.3) is 11.2 Å². The van der Waals surface area contributed by atoms with Crippen molar-refractivity contribution < 1.29 is 37.2 Å². The molecule has 0 aliphatic carbocycles. The molecule has 4 unspecified atom stereocenters. The van der Waals surface area contributed by atoms with Crippen molar-refractivity contribution in [2.24, 2.45) is 0 Å². The molecule has 16 heteroatoms. The smallest absolute Gasteiger partial charge is 0.330 e. The first-order valence-electron chi connectivity index (χ1n) is 8.74. The molecule has 2 fully saturated rings. The van der Waals surface area contributed by atoms with Gasteiger partial charge in [-0.05, 0) is 11.8 Å². The van der Waals surface area contributed by atoms with Crippen LogP contribution in [0.15, 0.2) is 12.7 Å². The molecule has 3 N–H and O–H groups in total. The highest BCUT2D eigenvalue weighted by Crippen LogP contribution is 2.58. The molecule has 166 valence electrons. The van der Waals surface area contributed by atoms with Crippen LogP contribution in [0, 0.1) is 0 Å². The van der Waals surface area contributed by atoms with Crippen LogP contribution >= 0.6 is 14.1 Å². The SMILES string of the molecule is COC1OC2[C@@H](COP(C)(=S)OP(C)(=O)O)O[C@@H](n3cnc4c(N)ncnc43)[C@H]2O1. The fraction of sp³-hybridized carbons (Fsp3) is 0.643. The molecule has 0 radical (unpaired) electrons. The summed E-state index contributed by atoms with van der Waals surface area (Å²) in [7, 11) is -2.35. The van der Waals surface area contributed by atoms with Crippen molar-refractivity contribution in [1.82, 2.24) is 19.5 Å².